The van der Waals surface area contributed by atoms with Crippen LogP contribution in [0.15, 0.2) is 0 Å². The van der Waals surface area contributed by atoms with Crippen LogP contribution in [0, 0.1) is 0 Å². The third-order valence-electron chi connectivity index (χ3n) is 16.6. The summed E-state index contributed by atoms with van der Waals surface area (Å²) in [6, 6.07) is -0.608. The van der Waals surface area contributed by atoms with Crippen molar-refractivity contribution >= 4 is 397 Å². The Kier molecular flexibility index (Phi) is 59.6. The molecular weight excluding hydrogens is 2280 g/mol. The van der Waals surface area contributed by atoms with Crippen molar-refractivity contribution in [3.05, 3.63) is 0 Å². The zero-order valence-electron chi connectivity index (χ0n) is 61.4. The third kappa shape index (κ3) is 26.0. The molecule has 0 rings (SSSR count). The summed E-state index contributed by atoms with van der Waals surface area (Å²) in [4.78, 5) is 374. The first-order chi connectivity index (χ1) is 53.0. The predicted molar refractivity (Wildman–Crippen MR) is 463 cm³/mol. The summed E-state index contributed by atoms with van der Waals surface area (Å²) >= 11 is 0. The van der Waals surface area contributed by atoms with E-state index in [4.69, 9.17) is 65.8 Å². The minimum atomic E-state index is -8.74. The van der Waals surface area contributed by atoms with Crippen LogP contribution in [0.3, 0.4) is 0 Å². The van der Waals surface area contributed by atoms with E-state index in [1.807, 2.05) is 0 Å². The van der Waals surface area contributed by atoms with Crippen LogP contribution in [0.2, 0.25) is 71.5 Å². The molecule has 0 bridgehead atoms. The maximum atomic E-state index is 15.6. The maximum Gasteiger partial charge on any atom is 0.420 e. The maximum absolute atomic E-state index is 15.6. The smallest absolute Gasteiger partial charge is 0.420 e. The molecular formula is C22H85O45Si46. The molecule has 113 heavy (non-hydrogen) atoms. The Labute approximate surface area is 736 Å². The molecule has 0 aromatic heterocycles. The van der Waals surface area contributed by atoms with Gasteiger partial charge in [-0.25, -0.2) is 0 Å². The van der Waals surface area contributed by atoms with Crippen molar-refractivity contribution in [2.45, 2.75) is 143 Å². The molecule has 0 heterocycles. The lowest BCUT2D eigenvalue weighted by atomic mass is 10.1. The quantitative estimate of drug-likeness (QED) is 0.0199. The zero-order valence-corrected chi connectivity index (χ0v) is 108. The van der Waals surface area contributed by atoms with Gasteiger partial charge < -0.3 is 205 Å². The summed E-state index contributed by atoms with van der Waals surface area (Å²) in [6.45, 7) is -50.1. The molecule has 7 atom stereocenters. The van der Waals surface area contributed by atoms with E-state index in [0.29, 0.717) is 12.8 Å². The molecule has 0 aromatic rings. The summed E-state index contributed by atoms with van der Waals surface area (Å²) in [5, 5.41) is 0. The monoisotopic (exact) mass is 2360 g/mol. The van der Waals surface area contributed by atoms with Gasteiger partial charge in [-0.15, -0.1) is 0 Å². The van der Waals surface area contributed by atoms with Crippen LogP contribution in [-0.4, -0.2) is 536 Å². The highest BCUT2D eigenvalue weighted by Crippen LogP contribution is 2.58. The van der Waals surface area contributed by atoms with Gasteiger partial charge >= 0.3 is 146 Å². The third-order valence-corrected chi connectivity index (χ3v) is 388. The molecule has 0 saturated heterocycles. The molecule has 0 aliphatic rings. The molecule has 0 aromatic carbocycles. The Bertz CT molecular complexity index is 2520. The van der Waals surface area contributed by atoms with E-state index in [2.05, 4.69) is 6.92 Å². The second kappa shape index (κ2) is 55.6. The van der Waals surface area contributed by atoms with Crippen LogP contribution in [0.4, 0.5) is 0 Å². The van der Waals surface area contributed by atoms with Gasteiger partial charge in [0.2, 0.25) is 154 Å². The topological polar surface area (TPSA) is 734 Å². The van der Waals surface area contributed by atoms with Crippen molar-refractivity contribution in [1.29, 1.82) is 0 Å². The molecule has 91 heteroatoms. The Morgan fingerprint density at radius 3 is 0.912 bits per heavy atom. The second-order valence-electron chi connectivity index (χ2n) is 25.0. The number of rotatable bonds is 72. The summed E-state index contributed by atoms with van der Waals surface area (Å²) < 4.78 is 114. The second-order valence-corrected chi connectivity index (χ2v) is 227. The van der Waals surface area contributed by atoms with Gasteiger partial charge in [0.15, 0.2) is 15.7 Å². The normalized spacial score (nSPS) is 17.6. The van der Waals surface area contributed by atoms with Crippen molar-refractivity contribution in [1.82, 2.24) is 0 Å². The van der Waals surface area contributed by atoms with Gasteiger partial charge in [-0.05, 0) is 58.4 Å². The van der Waals surface area contributed by atoms with Crippen molar-refractivity contribution < 1.29 is 205 Å². The summed E-state index contributed by atoms with van der Waals surface area (Å²) in [6.07, 6.45) is 6.55. The molecule has 0 amide bonds. The van der Waals surface area contributed by atoms with Gasteiger partial charge in [-0.1, -0.05) is 84.2 Å². The molecule has 7 unspecified atom stereocenters. The van der Waals surface area contributed by atoms with E-state index < -0.39 is 403 Å². The van der Waals surface area contributed by atoms with Crippen LogP contribution in [0.5, 0.6) is 0 Å². The van der Waals surface area contributed by atoms with E-state index >= 15 is 4.80 Å². The van der Waals surface area contributed by atoms with Gasteiger partial charge in [-0.2, -0.15) is 0 Å². The van der Waals surface area contributed by atoms with E-state index in [1.54, 1.807) is 0 Å². The fourth-order valence-electron chi connectivity index (χ4n) is 11.9. The highest BCUT2D eigenvalue weighted by atomic mass is 30.5. The van der Waals surface area contributed by atoms with Gasteiger partial charge in [0.05, 0.1) is 8.31 Å². The molecule has 0 saturated carbocycles. The molecule has 627 valence electrons. The van der Waals surface area contributed by atoms with Crippen molar-refractivity contribution in [2.75, 3.05) is 0 Å². The van der Waals surface area contributed by atoms with E-state index in [9.17, 15) is 134 Å². The van der Waals surface area contributed by atoms with E-state index in [0.717, 1.165) is 71.3 Å². The van der Waals surface area contributed by atoms with Crippen LogP contribution < -0.4 is 0 Å². The SMILES string of the molecule is CCCCCCCCCCCC[Si](C)(O)[Si](O[Si]O)(O[Si]([Si](O[Si]O)([Si]O)[Si]O)([Si](O[Si](C)(C)O[Si](C)(C)C)(O[Si](O[Si](O[SiH](C)O)([Si]O)[Si]O)([Si](O[Si]O)([Si]O)[Si]O)[Si](O[Si]O)([Si]O)[Si]O)[Si](O[Si](O[Si]O)([Si]O)[Si]O)([Si](O[Si]O)([Si]O)[Si]O)[Si](O[Si]O)([Si]O)[Si]O)[Si](O[Si]O)([Si](O[Si]O)([Si]O)[Si]O)[Si](C)(O)[Si](C)C)[Si]O. The van der Waals surface area contributed by atoms with E-state index in [1.165, 1.54) is 32.7 Å². The molecule has 0 fully saturated rings. The molecule has 0 aliphatic heterocycles. The van der Waals surface area contributed by atoms with Gasteiger partial charge in [0, 0.05) is 0 Å². The lowest BCUT2D eigenvalue weighted by Gasteiger charge is -2.73. The fourth-order valence-corrected chi connectivity index (χ4v) is 672. The Morgan fingerprint density at radius 1 is 0.301 bits per heavy atom. The van der Waals surface area contributed by atoms with Crippen LogP contribution in [0.25, 0.3) is 0 Å². The van der Waals surface area contributed by atoms with Crippen LogP contribution in [-0.2, 0) is 65.8 Å². The first-order valence-corrected chi connectivity index (χ1v) is 126. The lowest BCUT2D eigenvalue weighted by Crippen LogP contribution is -3.17. The van der Waals surface area contributed by atoms with Crippen LogP contribution >= 0.6 is 0 Å². The number of hydrogen-bond donors (Lipinski definition) is 29. The average Bonchev–Trinajstić information content (AvgIpc) is 0.627. The molecule has 0 aliphatic carbocycles. The molecule has 0 spiro atoms. The summed E-state index contributed by atoms with van der Waals surface area (Å²) in [5.41, 5.74) is 0. The average molecular weight is 2360 g/mol. The highest BCUT2D eigenvalue weighted by Gasteiger charge is 3.04. The number of unbranched alkanes of at least 4 members (excludes halogenated alkanes) is 9. The summed E-state index contributed by atoms with van der Waals surface area (Å²) in [5.74, 6) is 0. The first kappa shape index (κ1) is 121. The molecule has 53 radical (unpaired) electrons. The Hall–Kier alpha value is 8.18. The molecule has 29 N–H and O–H groups in total. The lowest BCUT2D eigenvalue weighted by molar-refractivity contribution is 0.289. The highest BCUT2D eigenvalue weighted by molar-refractivity contribution is 8.28. The van der Waals surface area contributed by atoms with Gasteiger partial charge in [0.1, 0.15) is 0 Å². The summed E-state index contributed by atoms with van der Waals surface area (Å²) in [7, 11) is -125. The standard InChI is InChI=1S/C22H85O45Si46/c1-12-13-14-15-16-17-18-19-20-21-22-98(10,50)102(81-36,53-69-24)66-113(110(92-47,93-48)59-75-30,111(60-76-31,99(11,51)94(2)3)107(86-41,87-42)56-72-27)104(63-97(8,9)62-96(5,6)7,112(108(88-43,89-44)57-73-28,109(90-45,91-46)58-74-29)65-100(77-32,78-33)52-68-23)67-103(105(82-37,83-38)54-70-25,106(84-39,85-40)55-71-26)64-101(79-34,80-35)61-95(4)49/h23-51,95H,12-22H2,1-11H3. The predicted octanol–water partition coefficient (Wildman–Crippen LogP) is -24.3. The van der Waals surface area contributed by atoms with Crippen LogP contribution in [0.1, 0.15) is 71.1 Å². The fraction of sp³-hybridized carbons (Fsp3) is 1.00. The minimum absolute atomic E-state index is 0.118. The largest absolute Gasteiger partial charge is 0.437 e. The Balaban J connectivity index is 15.3. The Morgan fingerprint density at radius 2 is 0.619 bits per heavy atom. The molecule has 45 nitrogen and oxygen atoms in total. The van der Waals surface area contributed by atoms with Gasteiger partial charge in [0.25, 0.3) is 73.9 Å². The van der Waals surface area contributed by atoms with Crippen molar-refractivity contribution in [3.8, 4) is 0 Å². The van der Waals surface area contributed by atoms with Crippen molar-refractivity contribution in [3.63, 3.8) is 0 Å². The van der Waals surface area contributed by atoms with Gasteiger partial charge in [-0.3, -0.25) is 0 Å². The first-order valence-electron chi connectivity index (χ1n) is 31.5. The van der Waals surface area contributed by atoms with Crippen molar-refractivity contribution in [2.24, 2.45) is 0 Å². The zero-order chi connectivity index (χ0) is 87.6. The number of hydrogen-bond acceptors (Lipinski definition) is 45. The van der Waals surface area contributed by atoms with E-state index in [-0.39, 0.29) is 12.8 Å². The minimum Gasteiger partial charge on any atom is -0.437 e.